The zero-order valence-corrected chi connectivity index (χ0v) is 4.68. The lowest BCUT2D eigenvalue weighted by atomic mass is 10.8. The van der Waals surface area contributed by atoms with Gasteiger partial charge in [-0.2, -0.15) is 4.58 Å². The maximum atomic E-state index is 2.08. The first kappa shape index (κ1) is 4.53. The molecule has 1 aliphatic rings. The van der Waals surface area contributed by atoms with Crippen molar-refractivity contribution in [3.8, 4) is 0 Å². The molecule has 2 nitrogen and oxygen atoms in total. The highest BCUT2D eigenvalue weighted by molar-refractivity contribution is 5.38. The zero-order chi connectivity index (χ0) is 5.28. The monoisotopic (exact) mass is 98.1 g/mol. The summed E-state index contributed by atoms with van der Waals surface area (Å²) in [5, 5.41) is 0. The number of nitrogens with zero attached hydrogens (tertiary/aromatic N) is 1. The Morgan fingerprint density at radius 2 is 2.29 bits per heavy atom. The topological polar surface area (TPSA) is 7.45 Å². The van der Waals surface area contributed by atoms with Crippen molar-refractivity contribution in [3.63, 3.8) is 0 Å². The fourth-order valence-corrected chi connectivity index (χ4v) is 0.642. The lowest BCUT2D eigenvalue weighted by Crippen LogP contribution is -3.02. The number of quaternary nitrogens is 1. The molecule has 0 aliphatic carbocycles. The molecule has 0 fully saturated rings. The van der Waals surface area contributed by atoms with Gasteiger partial charge >= 0.3 is 6.34 Å². The number of nitrogens with one attached hydrogen (secondary N) is 1. The molecule has 0 radical (unpaired) electrons. The van der Waals surface area contributed by atoms with Crippen LogP contribution in [0.4, 0.5) is 0 Å². The number of rotatable bonds is 0. The van der Waals surface area contributed by atoms with E-state index in [4.69, 9.17) is 0 Å². The number of hydrogen-bond acceptors (Lipinski definition) is 0. The van der Waals surface area contributed by atoms with Gasteiger partial charge in [0.15, 0.2) is 6.20 Å². The van der Waals surface area contributed by atoms with E-state index in [-0.39, 0.29) is 0 Å². The van der Waals surface area contributed by atoms with Gasteiger partial charge in [-0.15, -0.1) is 0 Å². The van der Waals surface area contributed by atoms with Gasteiger partial charge in [-0.3, -0.25) is 0 Å². The summed E-state index contributed by atoms with van der Waals surface area (Å²) in [4.78, 5) is 1.32. The minimum atomic E-state index is 1.32. The molecule has 0 bridgehead atoms. The highest BCUT2D eigenvalue weighted by atomic mass is 15.2. The van der Waals surface area contributed by atoms with E-state index in [1.807, 2.05) is 17.8 Å². The van der Waals surface area contributed by atoms with Crippen molar-refractivity contribution in [2.24, 2.45) is 0 Å². The molecule has 1 atom stereocenters. The Morgan fingerprint density at radius 1 is 1.57 bits per heavy atom. The fraction of sp³-hybridized carbons (Fsp3) is 0.400. The van der Waals surface area contributed by atoms with E-state index >= 15 is 0 Å². The van der Waals surface area contributed by atoms with Crippen molar-refractivity contribution in [2.45, 2.75) is 0 Å². The lowest BCUT2D eigenvalue weighted by Gasteiger charge is -1.83. The Labute approximate surface area is 43.4 Å². The van der Waals surface area contributed by atoms with Crippen LogP contribution >= 0.6 is 0 Å². The van der Waals surface area contributed by atoms with Crippen molar-refractivity contribution in [2.75, 3.05) is 14.1 Å². The molecule has 1 heterocycles. The quantitative estimate of drug-likeness (QED) is 0.358. The van der Waals surface area contributed by atoms with Crippen molar-refractivity contribution >= 4 is 6.34 Å². The molecule has 0 spiro atoms. The first-order chi connectivity index (χ1) is 3.29. The molecular formula is C5H10N2+2. The van der Waals surface area contributed by atoms with Crippen LogP contribution in [0, 0.1) is 0 Å². The van der Waals surface area contributed by atoms with Crippen LogP contribution in [0.15, 0.2) is 12.4 Å². The summed E-state index contributed by atoms with van der Waals surface area (Å²) in [7, 11) is 4.10. The van der Waals surface area contributed by atoms with Crippen LogP contribution in [0.3, 0.4) is 0 Å². The summed E-state index contributed by atoms with van der Waals surface area (Å²) in [6.45, 7) is 0. The molecule has 7 heavy (non-hydrogen) atoms. The third-order valence-electron chi connectivity index (χ3n) is 0.980. The molecule has 1 unspecified atom stereocenters. The van der Waals surface area contributed by atoms with Crippen molar-refractivity contribution < 1.29 is 9.48 Å². The molecular weight excluding hydrogens is 88.1 g/mol. The minimum Gasteiger partial charge on any atom is -0.225 e. The average molecular weight is 98.1 g/mol. The van der Waals surface area contributed by atoms with Gasteiger partial charge in [-0.05, 0) is 0 Å². The van der Waals surface area contributed by atoms with Gasteiger partial charge < -0.3 is 0 Å². The predicted molar refractivity (Wildman–Crippen MR) is 28.3 cm³/mol. The van der Waals surface area contributed by atoms with Crippen molar-refractivity contribution in [1.82, 2.24) is 0 Å². The third-order valence-corrected chi connectivity index (χ3v) is 0.980. The van der Waals surface area contributed by atoms with Crippen LogP contribution in [0.25, 0.3) is 0 Å². The van der Waals surface area contributed by atoms with E-state index < -0.39 is 0 Å². The van der Waals surface area contributed by atoms with Crippen molar-refractivity contribution in [3.05, 3.63) is 12.4 Å². The van der Waals surface area contributed by atoms with Gasteiger partial charge in [0.2, 0.25) is 6.20 Å². The summed E-state index contributed by atoms with van der Waals surface area (Å²) >= 11 is 0. The summed E-state index contributed by atoms with van der Waals surface area (Å²) in [5.74, 6) is 0. The SMILES string of the molecule is C[N+]1=C[NH+](C)C=C1. The van der Waals surface area contributed by atoms with E-state index in [2.05, 4.69) is 19.6 Å². The molecule has 0 aromatic heterocycles. The first-order valence-corrected chi connectivity index (χ1v) is 2.37. The lowest BCUT2D eigenvalue weighted by molar-refractivity contribution is -0.723. The van der Waals surface area contributed by atoms with Crippen molar-refractivity contribution in [1.29, 1.82) is 0 Å². The zero-order valence-electron chi connectivity index (χ0n) is 4.68. The molecule has 1 N–H and O–H groups in total. The Kier molecular flexibility index (Phi) is 0.947. The van der Waals surface area contributed by atoms with Gasteiger partial charge in [-0.25, -0.2) is 4.90 Å². The normalized spacial score (nSPS) is 28.3. The number of hydrogen-bond donors (Lipinski definition) is 1. The smallest absolute Gasteiger partial charge is 0.225 e. The van der Waals surface area contributed by atoms with Crippen LogP contribution in [0.2, 0.25) is 0 Å². The second kappa shape index (κ2) is 1.46. The third kappa shape index (κ3) is 0.871. The molecule has 0 aromatic rings. The average Bonchev–Trinajstić information content (AvgIpc) is 1.87. The summed E-state index contributed by atoms with van der Waals surface area (Å²) in [6, 6.07) is 0. The van der Waals surface area contributed by atoms with E-state index in [0.29, 0.717) is 0 Å². The Hall–Kier alpha value is -0.630. The molecule has 0 saturated heterocycles. The molecule has 1 aliphatic heterocycles. The van der Waals surface area contributed by atoms with E-state index in [1.165, 1.54) is 4.90 Å². The van der Waals surface area contributed by atoms with Crippen LogP contribution < -0.4 is 4.90 Å². The van der Waals surface area contributed by atoms with E-state index in [9.17, 15) is 0 Å². The molecule has 0 amide bonds. The maximum Gasteiger partial charge on any atom is 0.334 e. The van der Waals surface area contributed by atoms with Gasteiger partial charge in [-0.1, -0.05) is 0 Å². The second-order valence-electron chi connectivity index (χ2n) is 1.85. The highest BCUT2D eigenvalue weighted by Gasteiger charge is 2.06. The predicted octanol–water partition coefficient (Wildman–Crippen LogP) is -1.34. The fourth-order valence-electron chi connectivity index (χ4n) is 0.642. The highest BCUT2D eigenvalue weighted by Crippen LogP contribution is 1.66. The molecule has 38 valence electrons. The summed E-state index contributed by atoms with van der Waals surface area (Å²) < 4.78 is 2.04. The molecule has 0 saturated carbocycles. The Balaban J connectivity index is 2.69. The minimum absolute atomic E-state index is 1.32. The second-order valence-corrected chi connectivity index (χ2v) is 1.85. The molecule has 2 heteroatoms. The van der Waals surface area contributed by atoms with E-state index in [1.54, 1.807) is 0 Å². The van der Waals surface area contributed by atoms with Crippen LogP contribution in [-0.2, 0) is 0 Å². The van der Waals surface area contributed by atoms with Crippen LogP contribution in [0.5, 0.6) is 0 Å². The van der Waals surface area contributed by atoms with Gasteiger partial charge in [0.05, 0.1) is 7.05 Å². The first-order valence-electron chi connectivity index (χ1n) is 2.37. The molecule has 1 rings (SSSR count). The Bertz CT molecular complexity index is 124. The maximum absolute atomic E-state index is 2.08. The summed E-state index contributed by atoms with van der Waals surface area (Å²) in [6.07, 6.45) is 6.20. The van der Waals surface area contributed by atoms with Gasteiger partial charge in [0.25, 0.3) is 0 Å². The van der Waals surface area contributed by atoms with Crippen LogP contribution in [-0.4, -0.2) is 25.0 Å². The van der Waals surface area contributed by atoms with Gasteiger partial charge in [0.1, 0.15) is 7.05 Å². The standard InChI is InChI=1S/C5H9N2/c1-6-3-4-7(2)5-6/h3-5H,1-2H3/q+1/p+1. The Morgan fingerprint density at radius 3 is 2.43 bits per heavy atom. The summed E-state index contributed by atoms with van der Waals surface area (Å²) in [5.41, 5.74) is 0. The largest absolute Gasteiger partial charge is 0.334 e. The van der Waals surface area contributed by atoms with Crippen LogP contribution in [0.1, 0.15) is 0 Å². The van der Waals surface area contributed by atoms with Gasteiger partial charge in [0, 0.05) is 0 Å². The van der Waals surface area contributed by atoms with E-state index in [0.717, 1.165) is 0 Å². The molecule has 0 aromatic carbocycles.